The Morgan fingerprint density at radius 1 is 1.12 bits per heavy atom. The number of allylic oxidation sites excluding steroid dienone is 5. The van der Waals surface area contributed by atoms with Gasteiger partial charge in [0.25, 0.3) is 11.3 Å². The number of hydrogen-bond donors (Lipinski definition) is 3. The van der Waals surface area contributed by atoms with Gasteiger partial charge in [0.05, 0.1) is 35.8 Å². The van der Waals surface area contributed by atoms with Gasteiger partial charge in [-0.3, -0.25) is 4.79 Å². The van der Waals surface area contributed by atoms with Crippen molar-refractivity contribution in [2.24, 2.45) is 0 Å². The molecule has 3 N–H and O–H groups in total. The van der Waals surface area contributed by atoms with Crippen LogP contribution in [0.1, 0.15) is 18.1 Å². The van der Waals surface area contributed by atoms with Gasteiger partial charge in [-0.1, -0.05) is 12.2 Å². The van der Waals surface area contributed by atoms with Gasteiger partial charge in [0.1, 0.15) is 18.2 Å². The third-order valence-corrected chi connectivity index (χ3v) is 4.68. The maximum absolute atomic E-state index is 12.5. The lowest BCUT2D eigenvalue weighted by Gasteiger charge is -2.20. The molecule has 0 fully saturated rings. The maximum atomic E-state index is 12.5. The highest BCUT2D eigenvalue weighted by molar-refractivity contribution is 5.73. The first-order valence-corrected chi connectivity index (χ1v) is 8.96. The van der Waals surface area contributed by atoms with E-state index in [0.717, 1.165) is 0 Å². The molecule has 10 nitrogen and oxygen atoms in total. The topological polar surface area (TPSA) is 169 Å². The van der Waals surface area contributed by atoms with Gasteiger partial charge in [-0.15, -0.1) is 0 Å². The van der Waals surface area contributed by atoms with Crippen molar-refractivity contribution in [3.63, 3.8) is 0 Å². The van der Waals surface area contributed by atoms with E-state index in [0.29, 0.717) is 5.57 Å². The van der Waals surface area contributed by atoms with Gasteiger partial charge in [0, 0.05) is 10.8 Å². The van der Waals surface area contributed by atoms with Crippen LogP contribution in [0, 0.1) is 65.4 Å². The SMILES string of the molecule is [C-]#[N+]C1=C(C)C(/C=C/C=c2/c(C)c(C#N)c(=C(C#N)C#N)[nH]c2=O)=C(O)N/C1=C(\C#N)[N+]#[C-]. The van der Waals surface area contributed by atoms with E-state index in [1.54, 1.807) is 18.2 Å². The maximum Gasteiger partial charge on any atom is 0.274 e. The molecule has 33 heavy (non-hydrogen) atoms. The number of aliphatic hydroxyl groups is 1. The Hall–Kier alpha value is -5.81. The second-order valence-electron chi connectivity index (χ2n) is 6.40. The van der Waals surface area contributed by atoms with Gasteiger partial charge in [0.15, 0.2) is 11.5 Å². The Morgan fingerprint density at radius 3 is 2.30 bits per heavy atom. The zero-order valence-electron chi connectivity index (χ0n) is 17.3. The van der Waals surface area contributed by atoms with Crippen LogP contribution in [0.4, 0.5) is 0 Å². The van der Waals surface area contributed by atoms with Crippen LogP contribution in [0.5, 0.6) is 0 Å². The fourth-order valence-corrected chi connectivity index (χ4v) is 3.03. The Morgan fingerprint density at radius 2 is 1.79 bits per heavy atom. The van der Waals surface area contributed by atoms with Crippen molar-refractivity contribution in [2.75, 3.05) is 0 Å². The molecule has 0 spiro atoms. The van der Waals surface area contributed by atoms with Crippen molar-refractivity contribution in [3.05, 3.63) is 101 Å². The van der Waals surface area contributed by atoms with Crippen LogP contribution < -0.4 is 21.4 Å². The summed E-state index contributed by atoms with van der Waals surface area (Å²) in [6.07, 6.45) is 4.18. The molecule has 0 saturated carbocycles. The van der Waals surface area contributed by atoms with Crippen LogP contribution in [-0.2, 0) is 0 Å². The van der Waals surface area contributed by atoms with E-state index >= 15 is 0 Å². The molecule has 2 heterocycles. The zero-order chi connectivity index (χ0) is 24.7. The first-order chi connectivity index (χ1) is 15.8. The number of H-pyrrole nitrogens is 1. The van der Waals surface area contributed by atoms with Crippen molar-refractivity contribution in [3.8, 4) is 24.3 Å². The highest BCUT2D eigenvalue weighted by Crippen LogP contribution is 2.30. The second-order valence-corrected chi connectivity index (χ2v) is 6.40. The van der Waals surface area contributed by atoms with Gasteiger partial charge < -0.3 is 15.4 Å². The van der Waals surface area contributed by atoms with E-state index in [-0.39, 0.29) is 44.4 Å². The van der Waals surface area contributed by atoms with Crippen LogP contribution in [-0.4, -0.2) is 10.1 Å². The monoisotopic (exact) mass is 432 g/mol. The highest BCUT2D eigenvalue weighted by Gasteiger charge is 2.24. The number of aliphatic hydroxyl groups excluding tert-OH is 1. The van der Waals surface area contributed by atoms with Crippen molar-refractivity contribution in [2.45, 2.75) is 13.8 Å². The summed E-state index contributed by atoms with van der Waals surface area (Å²) in [6.45, 7) is 17.5. The summed E-state index contributed by atoms with van der Waals surface area (Å²) in [5.41, 5.74) is -0.801. The lowest BCUT2D eigenvalue weighted by Crippen LogP contribution is -2.38. The normalized spacial score (nSPS) is 14.8. The number of nitriles is 4. The standard InChI is InChI=1S/C23H12N8O2/c1-12-15(22(32)30-20(17(12)10-26)14(8-24)9-25)6-5-7-16-13(2)19(29-4)21(31-23(16)33)18(11-27)28-3/h5-7,31,33H,1-2H3,(H,30,32)/b7-5+,15-6-,21-18+. The minimum Gasteiger partial charge on any atom is -0.494 e. The van der Waals surface area contributed by atoms with Gasteiger partial charge in [0.2, 0.25) is 5.70 Å². The van der Waals surface area contributed by atoms with Crippen LogP contribution in [0.15, 0.2) is 51.1 Å². The molecule has 1 aromatic rings. The molecule has 1 aliphatic rings. The molecule has 0 saturated heterocycles. The predicted octanol–water partition coefficient (Wildman–Crippen LogP) is 1.31. The Balaban J connectivity index is 2.72. The van der Waals surface area contributed by atoms with Gasteiger partial charge in [-0.05, 0) is 31.1 Å². The number of nitrogens with zero attached hydrogens (tertiary/aromatic N) is 6. The Labute approximate surface area is 187 Å². The third kappa shape index (κ3) is 4.23. The summed E-state index contributed by atoms with van der Waals surface area (Å²) >= 11 is 0. The van der Waals surface area contributed by atoms with E-state index in [9.17, 15) is 15.2 Å². The van der Waals surface area contributed by atoms with Crippen LogP contribution in [0.3, 0.4) is 0 Å². The minimum absolute atomic E-state index is 0.0128. The molecule has 10 heteroatoms. The number of dihydropyridines is 1. The first-order valence-electron chi connectivity index (χ1n) is 8.96. The average molecular weight is 432 g/mol. The van der Waals surface area contributed by atoms with Crippen LogP contribution in [0.25, 0.3) is 21.3 Å². The molecule has 0 bridgehead atoms. The van der Waals surface area contributed by atoms with E-state index in [1.807, 2.05) is 6.07 Å². The van der Waals surface area contributed by atoms with Gasteiger partial charge in [-0.25, -0.2) is 15.0 Å². The molecule has 0 unspecified atom stereocenters. The number of aromatic amines is 1. The lowest BCUT2D eigenvalue weighted by molar-refractivity contribution is 0.372. The summed E-state index contributed by atoms with van der Waals surface area (Å²) < 4.78 is 0. The second kappa shape index (κ2) is 9.80. The number of hydrogen-bond acceptors (Lipinski definition) is 7. The molecular weight excluding hydrogens is 420 g/mol. The van der Waals surface area contributed by atoms with E-state index in [1.165, 1.54) is 32.1 Å². The summed E-state index contributed by atoms with van der Waals surface area (Å²) in [7, 11) is 0. The van der Waals surface area contributed by atoms with Crippen molar-refractivity contribution >= 4 is 11.6 Å². The average Bonchev–Trinajstić information content (AvgIpc) is 2.79. The van der Waals surface area contributed by atoms with Gasteiger partial charge >= 0.3 is 0 Å². The fraction of sp³-hybridized carbons (Fsp3) is 0.0870. The van der Waals surface area contributed by atoms with E-state index in [2.05, 4.69) is 20.0 Å². The molecule has 0 aromatic carbocycles. The smallest absolute Gasteiger partial charge is 0.274 e. The largest absolute Gasteiger partial charge is 0.494 e. The van der Waals surface area contributed by atoms with E-state index in [4.69, 9.17) is 28.9 Å². The molecular formula is C23H12N8O2. The molecule has 156 valence electrons. The van der Waals surface area contributed by atoms with Crippen molar-refractivity contribution in [1.82, 2.24) is 10.3 Å². The van der Waals surface area contributed by atoms with E-state index < -0.39 is 17.0 Å². The number of rotatable bonds is 2. The Bertz CT molecular complexity index is 1610. The van der Waals surface area contributed by atoms with Crippen molar-refractivity contribution < 1.29 is 5.11 Å². The minimum atomic E-state index is -0.635. The summed E-state index contributed by atoms with van der Waals surface area (Å²) in [4.78, 5) is 21.3. The summed E-state index contributed by atoms with van der Waals surface area (Å²) in [5, 5.41) is 49.4. The first kappa shape index (κ1) is 23.5. The lowest BCUT2D eigenvalue weighted by atomic mass is 9.99. The molecule has 0 amide bonds. The Kier molecular flexibility index (Phi) is 6.97. The number of aromatic nitrogens is 1. The predicted molar refractivity (Wildman–Crippen MR) is 115 cm³/mol. The molecule has 2 rings (SSSR count). The molecule has 1 aromatic heterocycles. The number of pyridine rings is 1. The summed E-state index contributed by atoms with van der Waals surface area (Å²) in [6, 6.07) is 6.83. The quantitative estimate of drug-likeness (QED) is 0.467. The van der Waals surface area contributed by atoms with Gasteiger partial charge in [-0.2, -0.15) is 15.8 Å². The van der Waals surface area contributed by atoms with Crippen molar-refractivity contribution in [1.29, 1.82) is 21.0 Å². The van der Waals surface area contributed by atoms with Crippen LogP contribution in [0.2, 0.25) is 0 Å². The molecule has 0 aliphatic carbocycles. The fourth-order valence-electron chi connectivity index (χ4n) is 3.03. The molecule has 0 radical (unpaired) electrons. The van der Waals surface area contributed by atoms with Crippen LogP contribution >= 0.6 is 0 Å². The summed E-state index contributed by atoms with van der Waals surface area (Å²) in [5.74, 6) is -0.392. The zero-order valence-corrected chi connectivity index (χ0v) is 17.3. The molecule has 0 atom stereocenters. The third-order valence-electron chi connectivity index (χ3n) is 4.68. The number of nitrogens with one attached hydrogen (secondary N) is 2. The highest BCUT2D eigenvalue weighted by atomic mass is 16.3. The molecule has 1 aliphatic heterocycles.